The van der Waals surface area contributed by atoms with Gasteiger partial charge in [0.25, 0.3) is 0 Å². The van der Waals surface area contributed by atoms with Crippen molar-refractivity contribution in [2.75, 3.05) is 6.61 Å². The summed E-state index contributed by atoms with van der Waals surface area (Å²) >= 11 is 0. The molecule has 1 aromatic carbocycles. The Morgan fingerprint density at radius 2 is 2.16 bits per heavy atom. The molecule has 0 saturated carbocycles. The molecule has 0 saturated heterocycles. The van der Waals surface area contributed by atoms with Gasteiger partial charge in [0.05, 0.1) is 29.7 Å². The summed E-state index contributed by atoms with van der Waals surface area (Å²) < 4.78 is 18.1. The Morgan fingerprint density at radius 1 is 1.36 bits per heavy atom. The zero-order chi connectivity index (χ0) is 17.6. The highest BCUT2D eigenvalue weighted by atomic mass is 16.6. The van der Waals surface area contributed by atoms with E-state index in [0.29, 0.717) is 27.8 Å². The first-order valence-electron chi connectivity index (χ1n) is 7.97. The lowest BCUT2D eigenvalue weighted by atomic mass is 9.90. The van der Waals surface area contributed by atoms with Crippen LogP contribution in [0, 0.1) is 0 Å². The highest BCUT2D eigenvalue weighted by Gasteiger charge is 2.45. The molecule has 25 heavy (non-hydrogen) atoms. The molecule has 0 unspecified atom stereocenters. The predicted molar refractivity (Wildman–Crippen MR) is 88.6 cm³/mol. The van der Waals surface area contributed by atoms with E-state index in [4.69, 9.17) is 13.9 Å². The van der Waals surface area contributed by atoms with Gasteiger partial charge in [0.2, 0.25) is 6.10 Å². The minimum Gasteiger partial charge on any atom is -0.476 e. The first-order chi connectivity index (χ1) is 12.1. The quantitative estimate of drug-likeness (QED) is 0.535. The third-order valence-corrected chi connectivity index (χ3v) is 4.26. The molecule has 0 N–H and O–H groups in total. The van der Waals surface area contributed by atoms with Crippen LogP contribution in [0.3, 0.4) is 0 Å². The van der Waals surface area contributed by atoms with Gasteiger partial charge in [-0.05, 0) is 19.1 Å². The van der Waals surface area contributed by atoms with Crippen LogP contribution in [-0.2, 0) is 16.6 Å². The van der Waals surface area contributed by atoms with E-state index < -0.39 is 23.6 Å². The topological polar surface area (TPSA) is 83.6 Å². The van der Waals surface area contributed by atoms with Crippen LogP contribution in [0.1, 0.15) is 24.0 Å². The van der Waals surface area contributed by atoms with Gasteiger partial charge >= 0.3 is 11.6 Å². The lowest BCUT2D eigenvalue weighted by molar-refractivity contribution is -0.151. The monoisotopic (exact) mass is 340 g/mol. The van der Waals surface area contributed by atoms with Gasteiger partial charge in [0.15, 0.2) is 0 Å². The number of fused-ring (bicyclic) bond motifs is 3. The van der Waals surface area contributed by atoms with Crippen LogP contribution in [0.2, 0.25) is 0 Å². The number of carbonyl (C=O) groups is 1. The van der Waals surface area contributed by atoms with Gasteiger partial charge in [-0.25, -0.2) is 9.59 Å². The van der Waals surface area contributed by atoms with E-state index in [1.165, 1.54) is 0 Å². The zero-order valence-corrected chi connectivity index (χ0v) is 13.8. The molecule has 0 fully saturated rings. The number of para-hydroxylation sites is 1. The van der Waals surface area contributed by atoms with Crippen LogP contribution in [-0.4, -0.2) is 28.5 Å². The number of aromatic nitrogens is 2. The van der Waals surface area contributed by atoms with E-state index in [0.717, 1.165) is 0 Å². The zero-order valence-electron chi connectivity index (χ0n) is 13.8. The Hall–Kier alpha value is -3.09. The molecule has 7 heteroatoms. The van der Waals surface area contributed by atoms with E-state index in [1.54, 1.807) is 49.2 Å². The fraction of sp³-hybridized carbons (Fsp3) is 0.278. The second kappa shape index (κ2) is 5.77. The molecule has 0 bridgehead atoms. The Bertz CT molecular complexity index is 1020. The number of esters is 1. The summed E-state index contributed by atoms with van der Waals surface area (Å²) in [6, 6.07) is 7.08. The van der Waals surface area contributed by atoms with Crippen molar-refractivity contribution in [2.24, 2.45) is 7.05 Å². The van der Waals surface area contributed by atoms with E-state index >= 15 is 0 Å². The predicted octanol–water partition coefficient (Wildman–Crippen LogP) is 1.98. The Balaban J connectivity index is 1.95. The normalized spacial score (nSPS) is 18.8. The molecule has 2 atom stereocenters. The largest absolute Gasteiger partial charge is 0.476 e. The van der Waals surface area contributed by atoms with Crippen LogP contribution in [0.5, 0.6) is 5.75 Å². The molecule has 0 aliphatic carbocycles. The summed E-state index contributed by atoms with van der Waals surface area (Å²) in [6.45, 7) is 1.95. The molecule has 1 aliphatic heterocycles. The van der Waals surface area contributed by atoms with Gasteiger partial charge in [0.1, 0.15) is 11.3 Å². The van der Waals surface area contributed by atoms with Crippen molar-refractivity contribution in [3.05, 3.63) is 58.2 Å². The number of benzene rings is 1. The highest BCUT2D eigenvalue weighted by Crippen LogP contribution is 2.44. The first kappa shape index (κ1) is 15.4. The van der Waals surface area contributed by atoms with Crippen LogP contribution in [0.15, 0.2) is 45.9 Å². The minimum atomic E-state index is -0.951. The first-order valence-corrected chi connectivity index (χ1v) is 7.97. The Labute approximate surface area is 142 Å². The Morgan fingerprint density at radius 3 is 2.88 bits per heavy atom. The molecule has 0 spiro atoms. The third kappa shape index (κ3) is 2.39. The maximum atomic E-state index is 12.6. The van der Waals surface area contributed by atoms with Gasteiger partial charge in [-0.2, -0.15) is 5.10 Å². The van der Waals surface area contributed by atoms with Crippen LogP contribution in [0.4, 0.5) is 0 Å². The molecule has 0 amide bonds. The van der Waals surface area contributed by atoms with Crippen molar-refractivity contribution in [3.63, 3.8) is 0 Å². The van der Waals surface area contributed by atoms with Crippen LogP contribution in [0.25, 0.3) is 11.0 Å². The standard InChI is InChI=1S/C18H16N2O5/c1-3-23-18(22)16-13(10-8-19-20(2)9-10)14-15(25-16)11-6-4-5-7-12(11)24-17(14)21/h4-9,13,16H,3H2,1-2H3/t13-,16+/m0/s1. The summed E-state index contributed by atoms with van der Waals surface area (Å²) in [4.78, 5) is 25.1. The van der Waals surface area contributed by atoms with E-state index in [2.05, 4.69) is 5.10 Å². The lowest BCUT2D eigenvalue weighted by Crippen LogP contribution is -2.32. The summed E-state index contributed by atoms with van der Waals surface area (Å²) in [5.41, 5.74) is 0.918. The van der Waals surface area contributed by atoms with Crippen molar-refractivity contribution < 1.29 is 18.7 Å². The number of rotatable bonds is 3. The fourth-order valence-corrected chi connectivity index (χ4v) is 3.23. The smallest absolute Gasteiger partial charge is 0.348 e. The van der Waals surface area contributed by atoms with Gasteiger partial charge in [0, 0.05) is 18.8 Å². The summed E-state index contributed by atoms with van der Waals surface area (Å²) in [5.74, 6) is -0.765. The summed E-state index contributed by atoms with van der Waals surface area (Å²) in [5, 5.41) is 4.79. The average Bonchev–Trinajstić information content (AvgIpc) is 3.19. The molecule has 0 radical (unpaired) electrons. The maximum absolute atomic E-state index is 12.6. The van der Waals surface area contributed by atoms with Crippen molar-refractivity contribution in [3.8, 4) is 5.75 Å². The average molecular weight is 340 g/mol. The van der Waals surface area contributed by atoms with Crippen LogP contribution < -0.4 is 10.4 Å². The molecular formula is C18H16N2O5. The highest BCUT2D eigenvalue weighted by molar-refractivity contribution is 5.88. The number of hydrogen-bond acceptors (Lipinski definition) is 6. The number of hydrogen-bond donors (Lipinski definition) is 0. The van der Waals surface area contributed by atoms with Crippen molar-refractivity contribution in [2.45, 2.75) is 18.9 Å². The van der Waals surface area contributed by atoms with Crippen molar-refractivity contribution in [1.29, 1.82) is 0 Å². The Kier molecular flexibility index (Phi) is 3.56. The third-order valence-electron chi connectivity index (χ3n) is 4.26. The lowest BCUT2D eigenvalue weighted by Gasteiger charge is -2.15. The number of aryl methyl sites for hydroxylation is 1. The fourth-order valence-electron chi connectivity index (χ4n) is 3.23. The van der Waals surface area contributed by atoms with E-state index in [1.807, 2.05) is 6.07 Å². The van der Waals surface area contributed by atoms with E-state index in [9.17, 15) is 9.59 Å². The SMILES string of the molecule is CCOC(=O)[C@@H]1Oc2c(c(=O)oc3ccccc23)[C@@H]1c1cnn(C)c1. The number of nitrogens with zero attached hydrogens (tertiary/aromatic N) is 2. The van der Waals surface area contributed by atoms with Crippen LogP contribution >= 0.6 is 0 Å². The second-order valence-corrected chi connectivity index (χ2v) is 5.84. The molecule has 3 heterocycles. The van der Waals surface area contributed by atoms with Crippen molar-refractivity contribution >= 4 is 16.9 Å². The molecule has 4 rings (SSSR count). The summed E-state index contributed by atoms with van der Waals surface area (Å²) in [7, 11) is 1.77. The molecule has 2 aromatic heterocycles. The molecule has 1 aliphatic rings. The summed E-state index contributed by atoms with van der Waals surface area (Å²) in [6.07, 6.45) is 2.42. The second-order valence-electron chi connectivity index (χ2n) is 5.84. The van der Waals surface area contributed by atoms with E-state index in [-0.39, 0.29) is 6.61 Å². The minimum absolute atomic E-state index is 0.226. The van der Waals surface area contributed by atoms with Crippen molar-refractivity contribution in [1.82, 2.24) is 9.78 Å². The molecule has 128 valence electrons. The number of ether oxygens (including phenoxy) is 2. The number of carbonyl (C=O) groups excluding carboxylic acids is 1. The van der Waals surface area contributed by atoms with Gasteiger partial charge in [-0.15, -0.1) is 0 Å². The molecule has 3 aromatic rings. The molecular weight excluding hydrogens is 324 g/mol. The maximum Gasteiger partial charge on any atom is 0.348 e. The molecule has 7 nitrogen and oxygen atoms in total. The van der Waals surface area contributed by atoms with Gasteiger partial charge in [-0.3, -0.25) is 4.68 Å². The van der Waals surface area contributed by atoms with Gasteiger partial charge < -0.3 is 13.9 Å². The van der Waals surface area contributed by atoms with Gasteiger partial charge in [-0.1, -0.05) is 12.1 Å².